The molecule has 0 fully saturated rings. The summed E-state index contributed by atoms with van der Waals surface area (Å²) in [5.41, 5.74) is 5.34. The van der Waals surface area contributed by atoms with Gasteiger partial charge in [-0.15, -0.1) is 6.58 Å². The van der Waals surface area contributed by atoms with Gasteiger partial charge in [-0.1, -0.05) is 23.8 Å². The first-order valence-electron chi connectivity index (χ1n) is 6.44. The standard InChI is InChI=1S/C16H18N2O2/c1-5-6-18-14(9-13(17-18)16(19)20)15-11(3)7-10(2)8-12(15)4/h5,7-9H,1,6H2,2-4H3,(H,19,20). The van der Waals surface area contributed by atoms with Crippen molar-refractivity contribution in [3.63, 3.8) is 0 Å². The van der Waals surface area contributed by atoms with Crippen LogP contribution in [0.15, 0.2) is 30.9 Å². The molecule has 1 aromatic carbocycles. The van der Waals surface area contributed by atoms with Crippen molar-refractivity contribution in [1.82, 2.24) is 9.78 Å². The van der Waals surface area contributed by atoms with Gasteiger partial charge in [-0.25, -0.2) is 4.79 Å². The summed E-state index contributed by atoms with van der Waals surface area (Å²) in [6, 6.07) is 5.80. The van der Waals surface area contributed by atoms with Crippen LogP contribution in [0.1, 0.15) is 27.2 Å². The Morgan fingerprint density at radius 1 is 1.30 bits per heavy atom. The molecule has 20 heavy (non-hydrogen) atoms. The molecule has 0 aliphatic carbocycles. The molecule has 1 heterocycles. The maximum Gasteiger partial charge on any atom is 0.356 e. The van der Waals surface area contributed by atoms with E-state index in [4.69, 9.17) is 5.11 Å². The van der Waals surface area contributed by atoms with Crippen molar-refractivity contribution in [1.29, 1.82) is 0 Å². The van der Waals surface area contributed by atoms with E-state index in [0.29, 0.717) is 6.54 Å². The van der Waals surface area contributed by atoms with Crippen molar-refractivity contribution in [3.05, 3.63) is 53.2 Å². The number of aromatic carboxylic acids is 1. The first-order chi connectivity index (χ1) is 9.43. The second kappa shape index (κ2) is 5.33. The van der Waals surface area contributed by atoms with Crippen molar-refractivity contribution in [3.8, 4) is 11.3 Å². The fourth-order valence-corrected chi connectivity index (χ4v) is 2.57. The largest absolute Gasteiger partial charge is 0.476 e. The van der Waals surface area contributed by atoms with Crippen LogP contribution in [0.4, 0.5) is 0 Å². The zero-order valence-corrected chi connectivity index (χ0v) is 12.0. The van der Waals surface area contributed by atoms with Crippen LogP contribution in [0.5, 0.6) is 0 Å². The van der Waals surface area contributed by atoms with E-state index in [1.165, 1.54) is 5.56 Å². The zero-order chi connectivity index (χ0) is 14.9. The number of allylic oxidation sites excluding steroid dienone is 1. The van der Waals surface area contributed by atoms with Crippen LogP contribution in [0.2, 0.25) is 0 Å². The molecule has 1 aromatic heterocycles. The molecule has 0 aliphatic heterocycles. The van der Waals surface area contributed by atoms with Crippen LogP contribution in [0.3, 0.4) is 0 Å². The predicted octanol–water partition coefficient (Wildman–Crippen LogP) is 3.36. The summed E-state index contributed by atoms with van der Waals surface area (Å²) in [5, 5.41) is 13.2. The van der Waals surface area contributed by atoms with Gasteiger partial charge in [-0.3, -0.25) is 4.68 Å². The van der Waals surface area contributed by atoms with Gasteiger partial charge in [0.15, 0.2) is 5.69 Å². The molecule has 0 saturated heterocycles. The number of nitrogens with zero attached hydrogens (tertiary/aromatic N) is 2. The summed E-state index contributed by atoms with van der Waals surface area (Å²) in [5.74, 6) is -1.02. The van der Waals surface area contributed by atoms with Gasteiger partial charge in [-0.05, 0) is 38.0 Å². The van der Waals surface area contributed by atoms with E-state index in [-0.39, 0.29) is 5.69 Å². The molecule has 0 unspecified atom stereocenters. The highest BCUT2D eigenvalue weighted by molar-refractivity contribution is 5.87. The summed E-state index contributed by atoms with van der Waals surface area (Å²) in [6.07, 6.45) is 1.71. The average molecular weight is 270 g/mol. The third-order valence-electron chi connectivity index (χ3n) is 3.23. The average Bonchev–Trinajstić information content (AvgIpc) is 2.72. The van der Waals surface area contributed by atoms with E-state index in [0.717, 1.165) is 22.4 Å². The molecular formula is C16H18N2O2. The van der Waals surface area contributed by atoms with Crippen molar-refractivity contribution >= 4 is 5.97 Å². The molecule has 2 aromatic rings. The van der Waals surface area contributed by atoms with Crippen molar-refractivity contribution in [2.45, 2.75) is 27.3 Å². The van der Waals surface area contributed by atoms with E-state index < -0.39 is 5.97 Å². The van der Waals surface area contributed by atoms with Crippen LogP contribution in [0.25, 0.3) is 11.3 Å². The molecule has 0 aliphatic rings. The summed E-state index contributed by atoms with van der Waals surface area (Å²) in [7, 11) is 0. The third-order valence-corrected chi connectivity index (χ3v) is 3.23. The fraction of sp³-hybridized carbons (Fsp3) is 0.250. The first kappa shape index (κ1) is 14.1. The highest BCUT2D eigenvalue weighted by Gasteiger charge is 2.17. The lowest BCUT2D eigenvalue weighted by molar-refractivity contribution is 0.0689. The molecule has 0 spiro atoms. The fourth-order valence-electron chi connectivity index (χ4n) is 2.57. The number of aromatic nitrogens is 2. The highest BCUT2D eigenvalue weighted by Crippen LogP contribution is 2.29. The van der Waals surface area contributed by atoms with Crippen LogP contribution in [-0.2, 0) is 6.54 Å². The summed E-state index contributed by atoms with van der Waals surface area (Å²) >= 11 is 0. The van der Waals surface area contributed by atoms with E-state index in [9.17, 15) is 4.79 Å². The molecule has 0 saturated carbocycles. The molecular weight excluding hydrogens is 252 g/mol. The van der Waals surface area contributed by atoms with Gasteiger partial charge in [-0.2, -0.15) is 5.10 Å². The number of rotatable bonds is 4. The lowest BCUT2D eigenvalue weighted by Crippen LogP contribution is -2.04. The van der Waals surface area contributed by atoms with Crippen molar-refractivity contribution in [2.75, 3.05) is 0 Å². The Labute approximate surface area is 118 Å². The number of aryl methyl sites for hydroxylation is 3. The summed E-state index contributed by atoms with van der Waals surface area (Å²) in [4.78, 5) is 11.1. The topological polar surface area (TPSA) is 55.1 Å². The second-order valence-electron chi connectivity index (χ2n) is 4.96. The molecule has 4 heteroatoms. The normalized spacial score (nSPS) is 10.6. The second-order valence-corrected chi connectivity index (χ2v) is 4.96. The van der Waals surface area contributed by atoms with Gasteiger partial charge in [0.05, 0.1) is 12.2 Å². The molecule has 0 amide bonds. The summed E-state index contributed by atoms with van der Waals surface area (Å²) in [6.45, 7) is 10.3. The van der Waals surface area contributed by atoms with Gasteiger partial charge < -0.3 is 5.11 Å². The van der Waals surface area contributed by atoms with Crippen LogP contribution >= 0.6 is 0 Å². The molecule has 0 atom stereocenters. The van der Waals surface area contributed by atoms with Gasteiger partial charge in [0.2, 0.25) is 0 Å². The third kappa shape index (κ3) is 2.50. The minimum atomic E-state index is -1.02. The molecule has 4 nitrogen and oxygen atoms in total. The Morgan fingerprint density at radius 2 is 1.90 bits per heavy atom. The van der Waals surface area contributed by atoms with Gasteiger partial charge in [0.25, 0.3) is 0 Å². The minimum absolute atomic E-state index is 0.0567. The van der Waals surface area contributed by atoms with Crippen molar-refractivity contribution in [2.24, 2.45) is 0 Å². The molecule has 104 valence electrons. The Kier molecular flexibility index (Phi) is 3.74. The molecule has 0 bridgehead atoms. The van der Waals surface area contributed by atoms with Crippen LogP contribution in [0, 0.1) is 20.8 Å². The highest BCUT2D eigenvalue weighted by atomic mass is 16.4. The SMILES string of the molecule is C=CCn1nc(C(=O)O)cc1-c1c(C)cc(C)cc1C. The molecule has 1 N–H and O–H groups in total. The van der Waals surface area contributed by atoms with Crippen LogP contribution in [-0.4, -0.2) is 20.9 Å². The zero-order valence-electron chi connectivity index (χ0n) is 12.0. The van der Waals surface area contributed by atoms with E-state index in [2.05, 4.69) is 23.8 Å². The van der Waals surface area contributed by atoms with Crippen LogP contribution < -0.4 is 0 Å². The Morgan fingerprint density at radius 3 is 2.40 bits per heavy atom. The number of hydrogen-bond acceptors (Lipinski definition) is 2. The molecule has 2 rings (SSSR count). The monoisotopic (exact) mass is 270 g/mol. The number of benzene rings is 1. The molecule has 0 radical (unpaired) electrons. The smallest absolute Gasteiger partial charge is 0.356 e. The van der Waals surface area contributed by atoms with Gasteiger partial charge >= 0.3 is 5.97 Å². The number of carboxylic acid groups (broad SMARTS) is 1. The predicted molar refractivity (Wildman–Crippen MR) is 79.0 cm³/mol. The number of carbonyl (C=O) groups is 1. The lowest BCUT2D eigenvalue weighted by atomic mass is 9.97. The Hall–Kier alpha value is -2.36. The number of carboxylic acids is 1. The van der Waals surface area contributed by atoms with E-state index in [1.54, 1.807) is 16.8 Å². The lowest BCUT2D eigenvalue weighted by Gasteiger charge is -2.12. The number of hydrogen-bond donors (Lipinski definition) is 1. The Balaban J connectivity index is 2.68. The Bertz CT molecular complexity index is 661. The van der Waals surface area contributed by atoms with Gasteiger partial charge in [0.1, 0.15) is 0 Å². The van der Waals surface area contributed by atoms with Crippen molar-refractivity contribution < 1.29 is 9.90 Å². The maximum absolute atomic E-state index is 11.1. The first-order valence-corrected chi connectivity index (χ1v) is 6.44. The van der Waals surface area contributed by atoms with E-state index >= 15 is 0 Å². The minimum Gasteiger partial charge on any atom is -0.476 e. The maximum atomic E-state index is 11.1. The van der Waals surface area contributed by atoms with E-state index in [1.807, 2.05) is 20.8 Å². The summed E-state index contributed by atoms with van der Waals surface area (Å²) < 4.78 is 1.68. The quantitative estimate of drug-likeness (QED) is 0.867. The van der Waals surface area contributed by atoms with Gasteiger partial charge in [0, 0.05) is 5.56 Å².